The van der Waals surface area contributed by atoms with Crippen molar-refractivity contribution in [3.8, 4) is 11.5 Å². The van der Waals surface area contributed by atoms with Crippen molar-refractivity contribution in [1.82, 2.24) is 0 Å². The van der Waals surface area contributed by atoms with Gasteiger partial charge in [0, 0.05) is 5.69 Å². The smallest absolute Gasteiger partial charge is 0.340 e. The van der Waals surface area contributed by atoms with Crippen LogP contribution in [0, 0.1) is 0 Å². The summed E-state index contributed by atoms with van der Waals surface area (Å²) in [5, 5.41) is 2.65. The van der Waals surface area contributed by atoms with Gasteiger partial charge in [0.05, 0.1) is 17.9 Å². The molecule has 0 atom stereocenters. The zero-order valence-corrected chi connectivity index (χ0v) is 19.7. The molecule has 0 saturated heterocycles. The minimum Gasteiger partial charge on any atom is -0.462 e. The number of carbonyl (C=O) groups excluding carboxylic acids is 3. The number of hydrogen-bond donors (Lipinski definition) is 1. The highest BCUT2D eigenvalue weighted by Gasteiger charge is 2.40. The van der Waals surface area contributed by atoms with Crippen molar-refractivity contribution in [3.05, 3.63) is 95.2 Å². The van der Waals surface area contributed by atoms with Gasteiger partial charge in [-0.2, -0.15) is 0 Å². The number of unbranched alkanes of at least 4 members (excludes halogenated alkanes) is 1. The largest absolute Gasteiger partial charge is 0.462 e. The van der Waals surface area contributed by atoms with Crippen LogP contribution < -0.4 is 15.0 Å². The number of carbonyl (C=O) groups is 3. The Labute approximate surface area is 207 Å². The number of esters is 1. The average molecular weight is 491 g/mol. The Hall–Kier alpha value is -4.10. The molecule has 0 fully saturated rings. The summed E-state index contributed by atoms with van der Waals surface area (Å²) >= 11 is 6.26. The van der Waals surface area contributed by atoms with Gasteiger partial charge in [0.25, 0.3) is 11.8 Å². The van der Waals surface area contributed by atoms with Crippen LogP contribution in [0.5, 0.6) is 11.5 Å². The summed E-state index contributed by atoms with van der Waals surface area (Å²) in [5.74, 6) is -0.706. The van der Waals surface area contributed by atoms with Gasteiger partial charge >= 0.3 is 5.97 Å². The standard InChI is InChI=1S/C27H23ClN2O5/c1-2-3-17-34-27(33)21-11-7-8-12-22(21)30-25(31)23(28)24(26(30)32)29-18-13-15-20(16-14-18)35-19-9-5-4-6-10-19/h4-16,29H,2-3,17H2,1H3. The summed E-state index contributed by atoms with van der Waals surface area (Å²) in [6.07, 6.45) is 1.58. The molecule has 4 rings (SSSR count). The third-order valence-corrected chi connectivity index (χ3v) is 5.58. The van der Waals surface area contributed by atoms with Gasteiger partial charge in [0.2, 0.25) is 0 Å². The molecule has 0 aliphatic carbocycles. The second-order valence-electron chi connectivity index (χ2n) is 7.71. The number of imide groups is 1. The molecule has 0 saturated carbocycles. The molecule has 178 valence electrons. The fourth-order valence-electron chi connectivity index (χ4n) is 3.43. The van der Waals surface area contributed by atoms with Gasteiger partial charge in [-0.15, -0.1) is 0 Å². The number of amides is 2. The average Bonchev–Trinajstić information content (AvgIpc) is 3.08. The van der Waals surface area contributed by atoms with Gasteiger partial charge in [-0.1, -0.05) is 55.3 Å². The fourth-order valence-corrected chi connectivity index (χ4v) is 3.65. The molecule has 0 bridgehead atoms. The molecular weight excluding hydrogens is 468 g/mol. The molecule has 1 aliphatic heterocycles. The molecule has 1 heterocycles. The number of nitrogens with one attached hydrogen (secondary N) is 1. The quantitative estimate of drug-likeness (QED) is 0.229. The molecule has 2 amide bonds. The molecule has 3 aromatic rings. The normalized spacial score (nSPS) is 13.3. The Morgan fingerprint density at radius 2 is 1.54 bits per heavy atom. The van der Waals surface area contributed by atoms with Crippen LogP contribution in [0.15, 0.2) is 89.6 Å². The zero-order chi connectivity index (χ0) is 24.8. The van der Waals surface area contributed by atoms with E-state index in [1.165, 1.54) is 12.1 Å². The monoisotopic (exact) mass is 490 g/mol. The van der Waals surface area contributed by atoms with Crippen LogP contribution in [0.1, 0.15) is 30.1 Å². The maximum atomic E-state index is 13.2. The zero-order valence-electron chi connectivity index (χ0n) is 19.0. The molecule has 0 aromatic heterocycles. The van der Waals surface area contributed by atoms with Gasteiger partial charge in [-0.3, -0.25) is 9.59 Å². The molecule has 0 unspecified atom stereocenters. The summed E-state index contributed by atoms with van der Waals surface area (Å²) in [4.78, 5) is 39.6. The third kappa shape index (κ3) is 5.36. The number of rotatable bonds is 9. The number of ether oxygens (including phenoxy) is 2. The molecule has 0 radical (unpaired) electrons. The van der Waals surface area contributed by atoms with Crippen LogP contribution in [-0.2, 0) is 14.3 Å². The van der Waals surface area contributed by atoms with Crippen LogP contribution in [-0.4, -0.2) is 24.4 Å². The molecule has 0 spiro atoms. The van der Waals surface area contributed by atoms with Crippen molar-refractivity contribution in [2.45, 2.75) is 19.8 Å². The first kappa shape index (κ1) is 24.0. The van der Waals surface area contributed by atoms with E-state index in [0.29, 0.717) is 23.6 Å². The summed E-state index contributed by atoms with van der Waals surface area (Å²) in [5.41, 5.74) is 0.681. The van der Waals surface area contributed by atoms with Gasteiger partial charge in [-0.05, 0) is 55.0 Å². The molecular formula is C27H23ClN2O5. The first-order valence-corrected chi connectivity index (χ1v) is 11.5. The Morgan fingerprint density at radius 1 is 0.886 bits per heavy atom. The highest BCUT2D eigenvalue weighted by Crippen LogP contribution is 2.33. The van der Waals surface area contributed by atoms with Crippen molar-refractivity contribution in [2.75, 3.05) is 16.8 Å². The lowest BCUT2D eigenvalue weighted by molar-refractivity contribution is -0.120. The first-order valence-electron chi connectivity index (χ1n) is 11.1. The van der Waals surface area contributed by atoms with Gasteiger partial charge < -0.3 is 14.8 Å². The topological polar surface area (TPSA) is 84.9 Å². The van der Waals surface area contributed by atoms with E-state index in [4.69, 9.17) is 21.1 Å². The van der Waals surface area contributed by atoms with E-state index in [1.54, 1.807) is 36.4 Å². The molecule has 8 heteroatoms. The van der Waals surface area contributed by atoms with E-state index < -0.39 is 17.8 Å². The number of nitrogens with zero attached hydrogens (tertiary/aromatic N) is 1. The van der Waals surface area contributed by atoms with Crippen LogP contribution in [0.2, 0.25) is 0 Å². The maximum absolute atomic E-state index is 13.2. The number of para-hydroxylation sites is 2. The molecule has 1 N–H and O–H groups in total. The molecule has 3 aromatic carbocycles. The van der Waals surface area contributed by atoms with Crippen molar-refractivity contribution in [3.63, 3.8) is 0 Å². The number of anilines is 2. The van der Waals surface area contributed by atoms with Crippen LogP contribution >= 0.6 is 11.6 Å². The van der Waals surface area contributed by atoms with Crippen LogP contribution in [0.25, 0.3) is 0 Å². The second kappa shape index (κ2) is 10.9. The lowest BCUT2D eigenvalue weighted by atomic mass is 10.1. The van der Waals surface area contributed by atoms with Gasteiger partial charge in [0.15, 0.2) is 0 Å². The number of benzene rings is 3. The van der Waals surface area contributed by atoms with Crippen LogP contribution in [0.4, 0.5) is 11.4 Å². The predicted octanol–water partition coefficient (Wildman–Crippen LogP) is 5.87. The van der Waals surface area contributed by atoms with E-state index in [2.05, 4.69) is 5.32 Å². The number of hydrogen-bond acceptors (Lipinski definition) is 6. The van der Waals surface area contributed by atoms with E-state index in [9.17, 15) is 14.4 Å². The van der Waals surface area contributed by atoms with E-state index >= 15 is 0 Å². The van der Waals surface area contributed by atoms with Crippen molar-refractivity contribution < 1.29 is 23.9 Å². The van der Waals surface area contributed by atoms with Gasteiger partial charge in [-0.25, -0.2) is 9.69 Å². The van der Waals surface area contributed by atoms with Crippen LogP contribution in [0.3, 0.4) is 0 Å². The minimum absolute atomic E-state index is 0.0810. The Morgan fingerprint density at radius 3 is 2.26 bits per heavy atom. The maximum Gasteiger partial charge on any atom is 0.340 e. The predicted molar refractivity (Wildman–Crippen MR) is 134 cm³/mol. The molecule has 7 nitrogen and oxygen atoms in total. The summed E-state index contributed by atoms with van der Waals surface area (Å²) in [6, 6.07) is 22.5. The molecule has 1 aliphatic rings. The summed E-state index contributed by atoms with van der Waals surface area (Å²) in [6.45, 7) is 2.23. The molecule has 35 heavy (non-hydrogen) atoms. The Bertz CT molecular complexity index is 1270. The van der Waals surface area contributed by atoms with Crippen molar-refractivity contribution >= 4 is 40.8 Å². The van der Waals surface area contributed by atoms with Crippen molar-refractivity contribution in [2.24, 2.45) is 0 Å². The minimum atomic E-state index is -0.725. The fraction of sp³-hybridized carbons (Fsp3) is 0.148. The summed E-state index contributed by atoms with van der Waals surface area (Å²) < 4.78 is 11.0. The third-order valence-electron chi connectivity index (χ3n) is 5.23. The Balaban J connectivity index is 1.51. The van der Waals surface area contributed by atoms with E-state index in [-0.39, 0.29) is 28.6 Å². The first-order chi connectivity index (χ1) is 17.0. The second-order valence-corrected chi connectivity index (χ2v) is 8.08. The lowest BCUT2D eigenvalue weighted by Gasteiger charge is -2.18. The highest BCUT2D eigenvalue weighted by molar-refractivity contribution is 6.53. The SMILES string of the molecule is CCCCOC(=O)c1ccccc1N1C(=O)C(Cl)=C(Nc2ccc(Oc3ccccc3)cc2)C1=O. The number of halogens is 1. The Kier molecular flexibility index (Phi) is 7.48. The lowest BCUT2D eigenvalue weighted by Crippen LogP contribution is -2.33. The van der Waals surface area contributed by atoms with E-state index in [1.807, 2.05) is 37.3 Å². The highest BCUT2D eigenvalue weighted by atomic mass is 35.5. The van der Waals surface area contributed by atoms with Crippen molar-refractivity contribution in [1.29, 1.82) is 0 Å². The van der Waals surface area contributed by atoms with E-state index in [0.717, 1.165) is 11.3 Å². The van der Waals surface area contributed by atoms with Gasteiger partial charge in [0.1, 0.15) is 22.2 Å². The summed E-state index contributed by atoms with van der Waals surface area (Å²) in [7, 11) is 0.